The van der Waals surface area contributed by atoms with Crippen LogP contribution in [0, 0.1) is 6.92 Å². The fraction of sp³-hybridized carbons (Fsp3) is 0.250. The zero-order valence-electron chi connectivity index (χ0n) is 11.8. The smallest absolute Gasteiger partial charge is 0.296 e. The summed E-state index contributed by atoms with van der Waals surface area (Å²) in [6.07, 6.45) is -0.519. The van der Waals surface area contributed by atoms with Gasteiger partial charge in [-0.05, 0) is 24.6 Å². The molecule has 4 nitrogen and oxygen atoms in total. The highest BCUT2D eigenvalue weighted by atomic mass is 32.2. The Labute approximate surface area is 125 Å². The van der Waals surface area contributed by atoms with E-state index in [1.165, 1.54) is 12.1 Å². The van der Waals surface area contributed by atoms with Gasteiger partial charge in [0.1, 0.15) is 0 Å². The molecule has 0 saturated heterocycles. The van der Waals surface area contributed by atoms with Gasteiger partial charge in [-0.2, -0.15) is 8.42 Å². The van der Waals surface area contributed by atoms with Crippen LogP contribution in [0.2, 0.25) is 0 Å². The number of aliphatic hydroxyl groups is 1. The van der Waals surface area contributed by atoms with Crippen LogP contribution in [0.1, 0.15) is 23.7 Å². The van der Waals surface area contributed by atoms with Crippen molar-refractivity contribution in [2.45, 2.75) is 24.3 Å². The summed E-state index contributed by atoms with van der Waals surface area (Å²) in [7, 11) is -3.77. The lowest BCUT2D eigenvalue weighted by atomic mass is 10.1. The molecule has 0 aromatic heterocycles. The third-order valence-electron chi connectivity index (χ3n) is 3.12. The Balaban J connectivity index is 1.92. The molecule has 1 unspecified atom stereocenters. The van der Waals surface area contributed by atoms with E-state index in [0.29, 0.717) is 0 Å². The van der Waals surface area contributed by atoms with E-state index in [0.717, 1.165) is 11.1 Å². The average molecular weight is 306 g/mol. The van der Waals surface area contributed by atoms with Gasteiger partial charge < -0.3 is 5.11 Å². The van der Waals surface area contributed by atoms with Gasteiger partial charge in [-0.25, -0.2) is 0 Å². The molecular formula is C16H18O4S. The maximum Gasteiger partial charge on any atom is 0.296 e. The molecule has 0 aliphatic heterocycles. The zero-order valence-corrected chi connectivity index (χ0v) is 12.6. The molecule has 0 radical (unpaired) electrons. The first kappa shape index (κ1) is 15.7. The van der Waals surface area contributed by atoms with Crippen LogP contribution >= 0.6 is 0 Å². The third-order valence-corrected chi connectivity index (χ3v) is 4.45. The van der Waals surface area contributed by atoms with Gasteiger partial charge in [0.15, 0.2) is 0 Å². The molecule has 0 heterocycles. The minimum Gasteiger partial charge on any atom is -0.388 e. The number of rotatable bonds is 6. The van der Waals surface area contributed by atoms with Crippen LogP contribution in [-0.4, -0.2) is 20.1 Å². The van der Waals surface area contributed by atoms with Gasteiger partial charge in [-0.15, -0.1) is 0 Å². The predicted molar refractivity (Wildman–Crippen MR) is 80.3 cm³/mol. The highest BCUT2D eigenvalue weighted by Gasteiger charge is 2.16. The summed E-state index contributed by atoms with van der Waals surface area (Å²) >= 11 is 0. The van der Waals surface area contributed by atoms with Crippen LogP contribution in [0.5, 0.6) is 0 Å². The van der Waals surface area contributed by atoms with Crippen molar-refractivity contribution < 1.29 is 17.7 Å². The zero-order chi connectivity index (χ0) is 15.3. The van der Waals surface area contributed by atoms with E-state index in [-0.39, 0.29) is 17.9 Å². The van der Waals surface area contributed by atoms with Gasteiger partial charge in [0.2, 0.25) is 0 Å². The summed E-state index contributed by atoms with van der Waals surface area (Å²) in [4.78, 5) is 0.127. The van der Waals surface area contributed by atoms with Crippen molar-refractivity contribution in [2.75, 3.05) is 6.61 Å². The minimum atomic E-state index is -3.77. The fourth-order valence-electron chi connectivity index (χ4n) is 1.88. The van der Waals surface area contributed by atoms with Crippen LogP contribution < -0.4 is 0 Å². The average Bonchev–Trinajstić information content (AvgIpc) is 2.48. The topological polar surface area (TPSA) is 63.6 Å². The standard InChI is InChI=1S/C16H18O4S/c1-13-7-9-15(10-8-13)21(18,19)20-12-11-16(17)14-5-3-2-4-6-14/h2-10,16-17H,11-12H2,1H3. The Morgan fingerprint density at radius 2 is 1.67 bits per heavy atom. The first-order valence-corrected chi connectivity index (χ1v) is 8.09. The molecule has 0 aliphatic carbocycles. The molecule has 1 N–H and O–H groups in total. The van der Waals surface area contributed by atoms with E-state index in [1.807, 2.05) is 25.1 Å². The second-order valence-electron chi connectivity index (χ2n) is 4.80. The number of hydrogen-bond donors (Lipinski definition) is 1. The van der Waals surface area contributed by atoms with Crippen molar-refractivity contribution in [1.82, 2.24) is 0 Å². The molecule has 2 aromatic carbocycles. The number of hydrogen-bond acceptors (Lipinski definition) is 4. The normalized spacial score (nSPS) is 13.0. The molecule has 2 aromatic rings. The van der Waals surface area contributed by atoms with Gasteiger partial charge in [0.25, 0.3) is 10.1 Å². The molecule has 21 heavy (non-hydrogen) atoms. The first-order valence-electron chi connectivity index (χ1n) is 6.68. The Kier molecular flexibility index (Phi) is 5.12. The van der Waals surface area contributed by atoms with Crippen LogP contribution in [-0.2, 0) is 14.3 Å². The quantitative estimate of drug-likeness (QED) is 0.834. The minimum absolute atomic E-state index is 0.0632. The van der Waals surface area contributed by atoms with Crippen molar-refractivity contribution in [2.24, 2.45) is 0 Å². The summed E-state index contributed by atoms with van der Waals surface area (Å²) in [6, 6.07) is 15.5. The largest absolute Gasteiger partial charge is 0.388 e. The van der Waals surface area contributed by atoms with Crippen molar-refractivity contribution >= 4 is 10.1 Å². The molecular weight excluding hydrogens is 288 g/mol. The van der Waals surface area contributed by atoms with E-state index in [4.69, 9.17) is 4.18 Å². The molecule has 0 saturated carbocycles. The van der Waals surface area contributed by atoms with Crippen molar-refractivity contribution in [3.63, 3.8) is 0 Å². The maximum atomic E-state index is 12.0. The fourth-order valence-corrected chi connectivity index (χ4v) is 2.81. The van der Waals surface area contributed by atoms with E-state index >= 15 is 0 Å². The van der Waals surface area contributed by atoms with Crippen LogP contribution in [0.4, 0.5) is 0 Å². The lowest BCUT2D eigenvalue weighted by Gasteiger charge is -2.11. The highest BCUT2D eigenvalue weighted by Crippen LogP contribution is 2.18. The van der Waals surface area contributed by atoms with E-state index < -0.39 is 16.2 Å². The number of aryl methyl sites for hydroxylation is 1. The summed E-state index contributed by atoms with van der Waals surface area (Å²) in [5.41, 5.74) is 1.72. The molecule has 0 amide bonds. The summed E-state index contributed by atoms with van der Waals surface area (Å²) in [5.74, 6) is 0. The summed E-state index contributed by atoms with van der Waals surface area (Å²) in [5, 5.41) is 9.95. The van der Waals surface area contributed by atoms with Crippen molar-refractivity contribution in [3.05, 3.63) is 65.7 Å². The molecule has 0 spiro atoms. The molecule has 0 fully saturated rings. The molecule has 1 atom stereocenters. The number of aliphatic hydroxyl groups excluding tert-OH is 1. The van der Waals surface area contributed by atoms with Gasteiger partial charge in [-0.1, -0.05) is 48.0 Å². The lowest BCUT2D eigenvalue weighted by Crippen LogP contribution is -2.10. The Morgan fingerprint density at radius 3 is 2.29 bits per heavy atom. The van der Waals surface area contributed by atoms with Crippen LogP contribution in [0.25, 0.3) is 0 Å². The van der Waals surface area contributed by atoms with Gasteiger partial charge in [0, 0.05) is 6.42 Å². The van der Waals surface area contributed by atoms with E-state index in [2.05, 4.69) is 0 Å². The van der Waals surface area contributed by atoms with Crippen molar-refractivity contribution in [3.8, 4) is 0 Å². The first-order chi connectivity index (χ1) is 9.99. The van der Waals surface area contributed by atoms with Crippen LogP contribution in [0.15, 0.2) is 59.5 Å². The lowest BCUT2D eigenvalue weighted by molar-refractivity contribution is 0.142. The van der Waals surface area contributed by atoms with E-state index in [1.54, 1.807) is 24.3 Å². The Morgan fingerprint density at radius 1 is 1.05 bits per heavy atom. The maximum absolute atomic E-state index is 12.0. The van der Waals surface area contributed by atoms with Crippen molar-refractivity contribution in [1.29, 1.82) is 0 Å². The van der Waals surface area contributed by atoms with Gasteiger partial charge in [0.05, 0.1) is 17.6 Å². The molecule has 112 valence electrons. The molecule has 0 bridgehead atoms. The number of benzene rings is 2. The Bertz CT molecular complexity index is 663. The monoisotopic (exact) mass is 306 g/mol. The summed E-state index contributed by atoms with van der Waals surface area (Å²) in [6.45, 7) is 1.82. The second-order valence-corrected chi connectivity index (χ2v) is 6.42. The van der Waals surface area contributed by atoms with Crippen LogP contribution in [0.3, 0.4) is 0 Å². The van der Waals surface area contributed by atoms with Gasteiger partial charge in [-0.3, -0.25) is 4.18 Å². The summed E-state index contributed by atoms with van der Waals surface area (Å²) < 4.78 is 28.9. The Hall–Kier alpha value is -1.69. The SMILES string of the molecule is Cc1ccc(S(=O)(=O)OCCC(O)c2ccccc2)cc1. The van der Waals surface area contributed by atoms with Gasteiger partial charge >= 0.3 is 0 Å². The molecule has 2 rings (SSSR count). The third kappa shape index (κ3) is 4.39. The second kappa shape index (κ2) is 6.85. The highest BCUT2D eigenvalue weighted by molar-refractivity contribution is 7.86. The predicted octanol–water partition coefficient (Wildman–Crippen LogP) is 2.82. The van der Waals surface area contributed by atoms with E-state index in [9.17, 15) is 13.5 Å². The molecule has 0 aliphatic rings. The molecule has 5 heteroatoms.